The summed E-state index contributed by atoms with van der Waals surface area (Å²) >= 11 is 0. The predicted octanol–water partition coefficient (Wildman–Crippen LogP) is 5.68. The van der Waals surface area contributed by atoms with Gasteiger partial charge in [-0.1, -0.05) is 78.9 Å². The molecule has 5 aromatic carbocycles. The first-order chi connectivity index (χ1) is 16.9. The lowest BCUT2D eigenvalue weighted by Crippen LogP contribution is -2.26. The minimum atomic E-state index is -3.79. The van der Waals surface area contributed by atoms with Gasteiger partial charge < -0.3 is 9.88 Å². The summed E-state index contributed by atoms with van der Waals surface area (Å²) in [6, 6.07) is 33.4. The van der Waals surface area contributed by atoms with Crippen LogP contribution in [0.3, 0.4) is 0 Å². The summed E-state index contributed by atoms with van der Waals surface area (Å²) in [6.45, 7) is 1.88. The molecule has 4 nitrogen and oxygen atoms in total. The standard InChI is InChI=1S/C29H22NO3PS/c1-20-8-7-13-27-29(20)30-26-17-16-25(19-28(26)35(27,32)33)34(31,23-11-3-2-4-12-23)24-15-14-21-9-5-6-10-22(21)18-24/h2-19,30H,1H3. The average Bonchev–Trinajstić information content (AvgIpc) is 2.89. The third-order valence-electron chi connectivity index (χ3n) is 6.62. The van der Waals surface area contributed by atoms with E-state index in [4.69, 9.17) is 0 Å². The highest BCUT2D eigenvalue weighted by Gasteiger charge is 2.35. The molecule has 0 amide bonds. The van der Waals surface area contributed by atoms with E-state index in [1.54, 1.807) is 30.3 Å². The Kier molecular flexibility index (Phi) is 4.96. The second-order valence-corrected chi connectivity index (χ2v) is 13.4. The molecule has 0 spiro atoms. The van der Waals surface area contributed by atoms with Crippen LogP contribution in [0.1, 0.15) is 5.56 Å². The van der Waals surface area contributed by atoms with E-state index in [2.05, 4.69) is 5.32 Å². The van der Waals surface area contributed by atoms with Gasteiger partial charge in [0.25, 0.3) is 0 Å². The fourth-order valence-electron chi connectivity index (χ4n) is 4.77. The summed E-state index contributed by atoms with van der Waals surface area (Å²) in [7, 11) is -7.16. The van der Waals surface area contributed by atoms with Crippen molar-refractivity contribution in [2.45, 2.75) is 16.7 Å². The van der Waals surface area contributed by atoms with Gasteiger partial charge in [-0.3, -0.25) is 0 Å². The van der Waals surface area contributed by atoms with E-state index in [-0.39, 0.29) is 9.79 Å². The molecule has 0 aliphatic carbocycles. The Hall–Kier alpha value is -3.66. The van der Waals surface area contributed by atoms with Gasteiger partial charge in [-0.2, -0.15) is 0 Å². The van der Waals surface area contributed by atoms with E-state index >= 15 is 4.57 Å². The minimum Gasteiger partial charge on any atom is -0.353 e. The molecule has 6 heteroatoms. The molecule has 1 aliphatic heterocycles. The Balaban J connectivity index is 1.60. The number of aryl methyl sites for hydroxylation is 1. The van der Waals surface area contributed by atoms with Crippen LogP contribution in [0, 0.1) is 6.92 Å². The van der Waals surface area contributed by atoms with Gasteiger partial charge in [0.15, 0.2) is 7.14 Å². The van der Waals surface area contributed by atoms with E-state index in [1.165, 1.54) is 0 Å². The van der Waals surface area contributed by atoms with Crippen LogP contribution >= 0.6 is 7.14 Å². The van der Waals surface area contributed by atoms with Crippen LogP contribution in [0.2, 0.25) is 0 Å². The Morgan fingerprint density at radius 1 is 0.629 bits per heavy atom. The third kappa shape index (κ3) is 3.35. The summed E-state index contributed by atoms with van der Waals surface area (Å²) < 4.78 is 42.3. The van der Waals surface area contributed by atoms with Crippen molar-refractivity contribution in [2.75, 3.05) is 5.32 Å². The molecule has 1 aliphatic rings. The van der Waals surface area contributed by atoms with Crippen LogP contribution in [0.4, 0.5) is 11.4 Å². The molecule has 1 N–H and O–H groups in total. The number of nitrogens with one attached hydrogen (secondary N) is 1. The molecule has 172 valence electrons. The zero-order valence-electron chi connectivity index (χ0n) is 19.0. The minimum absolute atomic E-state index is 0.144. The summed E-state index contributed by atoms with van der Waals surface area (Å²) in [5, 5.41) is 7.13. The number of anilines is 2. The number of fused-ring (bicyclic) bond motifs is 3. The Morgan fingerprint density at radius 3 is 2.11 bits per heavy atom. The average molecular weight is 496 g/mol. The van der Waals surface area contributed by atoms with Gasteiger partial charge in [-0.25, -0.2) is 8.42 Å². The highest BCUT2D eigenvalue weighted by molar-refractivity contribution is 7.92. The molecule has 5 aromatic rings. The van der Waals surface area contributed by atoms with Crippen LogP contribution in [-0.4, -0.2) is 8.42 Å². The van der Waals surface area contributed by atoms with E-state index < -0.39 is 17.0 Å². The normalized spacial score (nSPS) is 15.5. The van der Waals surface area contributed by atoms with Crippen molar-refractivity contribution in [3.63, 3.8) is 0 Å². The molecule has 0 saturated carbocycles. The van der Waals surface area contributed by atoms with Crippen molar-refractivity contribution in [1.82, 2.24) is 0 Å². The van der Waals surface area contributed by atoms with Crippen molar-refractivity contribution in [1.29, 1.82) is 0 Å². The molecular formula is C29H22NO3PS. The van der Waals surface area contributed by atoms with E-state index in [0.29, 0.717) is 27.3 Å². The first-order valence-electron chi connectivity index (χ1n) is 11.3. The largest absolute Gasteiger partial charge is 0.353 e. The quantitative estimate of drug-likeness (QED) is 0.321. The molecular weight excluding hydrogens is 473 g/mol. The third-order valence-corrected chi connectivity index (χ3v) is 11.5. The van der Waals surface area contributed by atoms with Gasteiger partial charge in [0.2, 0.25) is 9.84 Å². The summed E-state index contributed by atoms with van der Waals surface area (Å²) in [5.41, 5.74) is 1.94. The maximum Gasteiger partial charge on any atom is 0.210 e. The lowest BCUT2D eigenvalue weighted by Gasteiger charge is -2.26. The summed E-state index contributed by atoms with van der Waals surface area (Å²) in [4.78, 5) is 0.382. The zero-order valence-corrected chi connectivity index (χ0v) is 20.7. The lowest BCUT2D eigenvalue weighted by molar-refractivity contribution is 0.592. The molecule has 0 fully saturated rings. The Morgan fingerprint density at radius 2 is 1.31 bits per heavy atom. The molecule has 0 bridgehead atoms. The number of para-hydroxylation sites is 1. The van der Waals surface area contributed by atoms with Crippen molar-refractivity contribution in [2.24, 2.45) is 0 Å². The van der Waals surface area contributed by atoms with E-state index in [1.807, 2.05) is 85.8 Å². The Labute approximate surface area is 204 Å². The Bertz CT molecular complexity index is 1780. The van der Waals surface area contributed by atoms with Crippen LogP contribution in [-0.2, 0) is 14.4 Å². The molecule has 0 saturated heterocycles. The van der Waals surface area contributed by atoms with Crippen molar-refractivity contribution in [3.05, 3.63) is 115 Å². The van der Waals surface area contributed by atoms with Crippen molar-refractivity contribution in [3.8, 4) is 0 Å². The number of benzene rings is 5. The number of hydrogen-bond acceptors (Lipinski definition) is 4. The fraction of sp³-hybridized carbons (Fsp3) is 0.0345. The maximum atomic E-state index is 15.0. The van der Waals surface area contributed by atoms with Gasteiger partial charge >= 0.3 is 0 Å². The monoisotopic (exact) mass is 495 g/mol. The van der Waals surface area contributed by atoms with Crippen molar-refractivity contribution >= 4 is 55.0 Å². The van der Waals surface area contributed by atoms with Crippen molar-refractivity contribution < 1.29 is 13.0 Å². The molecule has 6 rings (SSSR count). The van der Waals surface area contributed by atoms with E-state index in [0.717, 1.165) is 16.3 Å². The molecule has 1 unspecified atom stereocenters. The van der Waals surface area contributed by atoms with Crippen LogP contribution in [0.15, 0.2) is 119 Å². The molecule has 0 radical (unpaired) electrons. The molecule has 1 heterocycles. The number of sulfone groups is 1. The predicted molar refractivity (Wildman–Crippen MR) is 143 cm³/mol. The smallest absolute Gasteiger partial charge is 0.210 e. The first-order valence-corrected chi connectivity index (χ1v) is 14.5. The maximum absolute atomic E-state index is 15.0. The molecule has 1 atom stereocenters. The second kappa shape index (κ2) is 7.94. The van der Waals surface area contributed by atoms with Crippen LogP contribution in [0.5, 0.6) is 0 Å². The topological polar surface area (TPSA) is 63.2 Å². The van der Waals surface area contributed by atoms with Gasteiger partial charge in [0.05, 0.1) is 21.2 Å². The highest BCUT2D eigenvalue weighted by Crippen LogP contribution is 2.46. The number of hydrogen-bond donors (Lipinski definition) is 1. The van der Waals surface area contributed by atoms with Gasteiger partial charge in [-0.05, 0) is 53.6 Å². The molecule has 35 heavy (non-hydrogen) atoms. The highest BCUT2D eigenvalue weighted by atomic mass is 32.2. The SMILES string of the molecule is Cc1cccc2c1Nc1ccc(P(=O)(c3ccccc3)c3ccc4ccccc4c3)cc1S2(=O)=O. The second-order valence-electron chi connectivity index (χ2n) is 8.73. The lowest BCUT2D eigenvalue weighted by atomic mass is 10.1. The van der Waals surface area contributed by atoms with Gasteiger partial charge in [0, 0.05) is 15.9 Å². The van der Waals surface area contributed by atoms with Crippen LogP contribution in [0.25, 0.3) is 10.8 Å². The fourth-order valence-corrected chi connectivity index (χ4v) is 9.21. The van der Waals surface area contributed by atoms with Gasteiger partial charge in [0.1, 0.15) is 0 Å². The van der Waals surface area contributed by atoms with Gasteiger partial charge in [-0.15, -0.1) is 0 Å². The zero-order chi connectivity index (χ0) is 24.2. The summed E-state index contributed by atoms with van der Waals surface area (Å²) in [6.07, 6.45) is 0. The first kappa shape index (κ1) is 21.8. The van der Waals surface area contributed by atoms with E-state index in [9.17, 15) is 8.42 Å². The summed E-state index contributed by atoms with van der Waals surface area (Å²) in [5.74, 6) is 0. The molecule has 0 aromatic heterocycles. The van der Waals surface area contributed by atoms with Crippen LogP contribution < -0.4 is 21.2 Å². The number of rotatable bonds is 3.